The van der Waals surface area contributed by atoms with Crippen LogP contribution >= 0.6 is 0 Å². The highest BCUT2D eigenvalue weighted by molar-refractivity contribution is 5.81. The lowest BCUT2D eigenvalue weighted by Gasteiger charge is -2.03. The van der Waals surface area contributed by atoms with Crippen molar-refractivity contribution in [2.45, 2.75) is 12.3 Å². The van der Waals surface area contributed by atoms with Gasteiger partial charge in [-0.2, -0.15) is 0 Å². The normalized spacial score (nSPS) is 21.1. The van der Waals surface area contributed by atoms with Crippen LogP contribution in [0.5, 0.6) is 0 Å². The fourth-order valence-corrected chi connectivity index (χ4v) is 2.29. The minimum absolute atomic E-state index is 0.0431. The van der Waals surface area contributed by atoms with Gasteiger partial charge in [-0.15, -0.1) is 0 Å². The van der Waals surface area contributed by atoms with Crippen molar-refractivity contribution >= 4 is 5.91 Å². The molecule has 0 saturated heterocycles. The molecule has 1 saturated carbocycles. The van der Waals surface area contributed by atoms with Gasteiger partial charge in [0.25, 0.3) is 0 Å². The first-order valence-corrected chi connectivity index (χ1v) is 6.16. The number of nitrogens with two attached hydrogens (primary N) is 1. The van der Waals surface area contributed by atoms with Crippen molar-refractivity contribution in [2.24, 2.45) is 11.7 Å². The Labute approximate surface area is 110 Å². The SMILES string of the molecule is NC(=O)[C@@H]1C[C@H]1c1ccc(-c2ccc(F)cc2)nc1. The number of hydrogen-bond acceptors (Lipinski definition) is 2. The summed E-state index contributed by atoms with van der Waals surface area (Å²) in [6, 6.07) is 10.1. The van der Waals surface area contributed by atoms with Crippen LogP contribution in [-0.2, 0) is 4.79 Å². The summed E-state index contributed by atoms with van der Waals surface area (Å²) in [5.41, 5.74) is 7.96. The number of pyridine rings is 1. The molecule has 1 aromatic heterocycles. The van der Waals surface area contributed by atoms with Crippen LogP contribution in [0.2, 0.25) is 0 Å². The van der Waals surface area contributed by atoms with E-state index in [1.54, 1.807) is 18.3 Å². The molecule has 0 aliphatic heterocycles. The summed E-state index contributed by atoms with van der Waals surface area (Å²) in [7, 11) is 0. The minimum atomic E-state index is -0.261. The van der Waals surface area contributed by atoms with Gasteiger partial charge in [0.2, 0.25) is 5.91 Å². The van der Waals surface area contributed by atoms with Gasteiger partial charge < -0.3 is 5.73 Å². The van der Waals surface area contributed by atoms with Crippen LogP contribution in [0.3, 0.4) is 0 Å². The first-order chi connectivity index (χ1) is 9.15. The highest BCUT2D eigenvalue weighted by Gasteiger charge is 2.42. The molecule has 0 spiro atoms. The summed E-state index contributed by atoms with van der Waals surface area (Å²) < 4.78 is 12.8. The van der Waals surface area contributed by atoms with Crippen LogP contribution in [0, 0.1) is 11.7 Å². The van der Waals surface area contributed by atoms with E-state index in [-0.39, 0.29) is 23.6 Å². The Bertz CT molecular complexity index is 607. The summed E-state index contributed by atoms with van der Waals surface area (Å²) >= 11 is 0. The number of aromatic nitrogens is 1. The van der Waals surface area contributed by atoms with Gasteiger partial charge in [-0.1, -0.05) is 6.07 Å². The molecule has 0 unspecified atom stereocenters. The first-order valence-electron chi connectivity index (χ1n) is 6.16. The molecule has 1 aliphatic rings. The minimum Gasteiger partial charge on any atom is -0.369 e. The van der Waals surface area contributed by atoms with E-state index >= 15 is 0 Å². The van der Waals surface area contributed by atoms with E-state index in [1.165, 1.54) is 12.1 Å². The zero-order valence-electron chi connectivity index (χ0n) is 10.2. The summed E-state index contributed by atoms with van der Waals surface area (Å²) in [5, 5.41) is 0. The molecule has 2 N–H and O–H groups in total. The first kappa shape index (κ1) is 11.8. The number of halogens is 1. The molecule has 1 amide bonds. The van der Waals surface area contributed by atoms with Crippen molar-refractivity contribution in [2.75, 3.05) is 0 Å². The molecule has 1 aromatic carbocycles. The lowest BCUT2D eigenvalue weighted by molar-refractivity contribution is -0.119. The monoisotopic (exact) mass is 256 g/mol. The molecule has 1 aliphatic carbocycles. The number of primary amides is 1. The number of carbonyl (C=O) groups is 1. The molecule has 19 heavy (non-hydrogen) atoms. The standard InChI is InChI=1S/C15H13FN2O/c16-11-4-1-9(2-5-11)14-6-3-10(8-18-14)12-7-13(12)15(17)19/h1-6,8,12-13H,7H2,(H2,17,19)/t12-,13+/m0/s1. The van der Waals surface area contributed by atoms with Crippen LogP contribution < -0.4 is 5.73 Å². The molecule has 2 atom stereocenters. The predicted molar refractivity (Wildman–Crippen MR) is 69.7 cm³/mol. The molecule has 3 rings (SSSR count). The fourth-order valence-electron chi connectivity index (χ4n) is 2.29. The molecule has 2 aromatic rings. The van der Waals surface area contributed by atoms with Gasteiger partial charge in [-0.05, 0) is 48.2 Å². The molecular weight excluding hydrogens is 243 g/mol. The van der Waals surface area contributed by atoms with Crippen molar-refractivity contribution in [1.29, 1.82) is 0 Å². The molecule has 0 radical (unpaired) electrons. The van der Waals surface area contributed by atoms with E-state index in [0.717, 1.165) is 23.2 Å². The predicted octanol–water partition coefficient (Wildman–Crippen LogP) is 2.48. The Morgan fingerprint density at radius 2 is 1.95 bits per heavy atom. The zero-order chi connectivity index (χ0) is 13.4. The molecule has 0 bridgehead atoms. The van der Waals surface area contributed by atoms with Gasteiger partial charge in [0, 0.05) is 17.7 Å². The Morgan fingerprint density at radius 1 is 1.21 bits per heavy atom. The van der Waals surface area contributed by atoms with Crippen molar-refractivity contribution in [3.63, 3.8) is 0 Å². The second kappa shape index (κ2) is 4.46. The third-order valence-corrected chi connectivity index (χ3v) is 3.51. The summed E-state index contributed by atoms with van der Waals surface area (Å²) in [5.74, 6) is -0.332. The third kappa shape index (κ3) is 2.34. The second-order valence-electron chi connectivity index (χ2n) is 4.83. The van der Waals surface area contributed by atoms with E-state index in [0.29, 0.717) is 0 Å². The van der Waals surface area contributed by atoms with E-state index in [9.17, 15) is 9.18 Å². The van der Waals surface area contributed by atoms with Gasteiger partial charge in [0.1, 0.15) is 5.82 Å². The van der Waals surface area contributed by atoms with Crippen molar-refractivity contribution in [3.8, 4) is 11.3 Å². The number of rotatable bonds is 3. The van der Waals surface area contributed by atoms with Crippen molar-refractivity contribution in [1.82, 2.24) is 4.98 Å². The average Bonchev–Trinajstić information content (AvgIpc) is 3.20. The largest absolute Gasteiger partial charge is 0.369 e. The molecule has 1 fully saturated rings. The lowest BCUT2D eigenvalue weighted by atomic mass is 10.1. The van der Waals surface area contributed by atoms with Crippen LogP contribution in [0.15, 0.2) is 42.6 Å². The van der Waals surface area contributed by atoms with Crippen LogP contribution in [-0.4, -0.2) is 10.9 Å². The van der Waals surface area contributed by atoms with Gasteiger partial charge in [-0.25, -0.2) is 4.39 Å². The Morgan fingerprint density at radius 3 is 2.47 bits per heavy atom. The Balaban J connectivity index is 1.80. The van der Waals surface area contributed by atoms with Gasteiger partial charge in [0.15, 0.2) is 0 Å². The van der Waals surface area contributed by atoms with Crippen LogP contribution in [0.1, 0.15) is 17.9 Å². The van der Waals surface area contributed by atoms with Gasteiger partial charge in [0.05, 0.1) is 5.69 Å². The molecule has 4 heteroatoms. The quantitative estimate of drug-likeness (QED) is 0.917. The fraction of sp³-hybridized carbons (Fsp3) is 0.200. The number of carbonyl (C=O) groups excluding carboxylic acids is 1. The van der Waals surface area contributed by atoms with Gasteiger partial charge in [-0.3, -0.25) is 9.78 Å². The lowest BCUT2D eigenvalue weighted by Crippen LogP contribution is -2.13. The van der Waals surface area contributed by atoms with E-state index in [2.05, 4.69) is 4.98 Å². The van der Waals surface area contributed by atoms with E-state index in [4.69, 9.17) is 5.73 Å². The Hall–Kier alpha value is -2.23. The van der Waals surface area contributed by atoms with Crippen molar-refractivity contribution < 1.29 is 9.18 Å². The topological polar surface area (TPSA) is 56.0 Å². The average molecular weight is 256 g/mol. The number of amides is 1. The number of nitrogens with zero attached hydrogens (tertiary/aromatic N) is 1. The van der Waals surface area contributed by atoms with Crippen LogP contribution in [0.25, 0.3) is 11.3 Å². The highest BCUT2D eigenvalue weighted by Crippen LogP contribution is 2.47. The Kier molecular flexibility index (Phi) is 2.78. The summed E-state index contributed by atoms with van der Waals surface area (Å²) in [6.45, 7) is 0. The van der Waals surface area contributed by atoms with E-state index in [1.807, 2.05) is 12.1 Å². The summed E-state index contributed by atoms with van der Waals surface area (Å²) in [6.07, 6.45) is 2.58. The van der Waals surface area contributed by atoms with E-state index < -0.39 is 0 Å². The second-order valence-corrected chi connectivity index (χ2v) is 4.83. The van der Waals surface area contributed by atoms with Crippen LogP contribution in [0.4, 0.5) is 4.39 Å². The maximum Gasteiger partial charge on any atom is 0.221 e. The maximum absolute atomic E-state index is 12.8. The molecule has 3 nitrogen and oxygen atoms in total. The van der Waals surface area contributed by atoms with Crippen molar-refractivity contribution in [3.05, 3.63) is 54.0 Å². The molecule has 1 heterocycles. The van der Waals surface area contributed by atoms with Gasteiger partial charge >= 0.3 is 0 Å². The highest BCUT2D eigenvalue weighted by atomic mass is 19.1. The molecule has 96 valence electrons. The zero-order valence-corrected chi connectivity index (χ0v) is 10.2. The third-order valence-electron chi connectivity index (χ3n) is 3.51. The maximum atomic E-state index is 12.8. The summed E-state index contributed by atoms with van der Waals surface area (Å²) in [4.78, 5) is 15.4. The molecular formula is C15H13FN2O. The number of hydrogen-bond donors (Lipinski definition) is 1. The smallest absolute Gasteiger partial charge is 0.221 e. The number of benzene rings is 1.